The second kappa shape index (κ2) is 7.01. The quantitative estimate of drug-likeness (QED) is 0.909. The Bertz CT molecular complexity index is 592. The lowest BCUT2D eigenvalue weighted by Gasteiger charge is -2.30. The van der Waals surface area contributed by atoms with Crippen molar-refractivity contribution in [3.05, 3.63) is 35.6 Å². The summed E-state index contributed by atoms with van der Waals surface area (Å²) in [7, 11) is 0. The van der Waals surface area contributed by atoms with Crippen LogP contribution in [0.3, 0.4) is 0 Å². The fourth-order valence-corrected chi connectivity index (χ4v) is 5.07. The Morgan fingerprint density at radius 2 is 1.88 bits per heavy atom. The summed E-state index contributed by atoms with van der Waals surface area (Å²) in [5, 5.41) is 0. The van der Waals surface area contributed by atoms with Crippen molar-refractivity contribution < 1.29 is 9.18 Å². The molecule has 1 aromatic carbocycles. The van der Waals surface area contributed by atoms with Gasteiger partial charge in [-0.3, -0.25) is 4.79 Å². The molecule has 24 heavy (non-hydrogen) atoms. The van der Waals surface area contributed by atoms with Crippen molar-refractivity contribution in [2.45, 2.75) is 38.1 Å². The third-order valence-electron chi connectivity index (χ3n) is 6.30. The fraction of sp³-hybridized carbons (Fsp3) is 0.632. The van der Waals surface area contributed by atoms with E-state index in [9.17, 15) is 9.18 Å². The molecular weight excluding hydrogens is 327 g/mol. The Morgan fingerprint density at radius 1 is 1.17 bits per heavy atom. The Hall–Kier alpha value is -1.13. The molecule has 4 rings (SSSR count). The molecule has 2 bridgehead atoms. The highest BCUT2D eigenvalue weighted by Gasteiger charge is 2.50. The number of amides is 1. The van der Waals surface area contributed by atoms with Crippen LogP contribution in [-0.4, -0.2) is 29.9 Å². The number of nitrogens with zero attached hydrogens (tertiary/aromatic N) is 1. The Labute approximate surface area is 149 Å². The number of rotatable bonds is 3. The number of fused-ring (bicyclic) bond motifs is 2. The number of carbonyl (C=O) groups excluding carboxylic acids is 1. The van der Waals surface area contributed by atoms with Gasteiger partial charge in [-0.1, -0.05) is 12.1 Å². The number of hydrogen-bond donors (Lipinski definition) is 1. The van der Waals surface area contributed by atoms with E-state index >= 15 is 0 Å². The highest BCUT2D eigenvalue weighted by Crippen LogP contribution is 2.48. The van der Waals surface area contributed by atoms with Gasteiger partial charge in [0.25, 0.3) is 0 Å². The number of carbonyl (C=O) groups is 1. The summed E-state index contributed by atoms with van der Waals surface area (Å²) < 4.78 is 13.0. The normalized spacial score (nSPS) is 34.4. The molecule has 1 aliphatic heterocycles. The van der Waals surface area contributed by atoms with Crippen LogP contribution >= 0.6 is 12.4 Å². The molecule has 1 amide bonds. The molecule has 5 unspecified atom stereocenters. The lowest BCUT2D eigenvalue weighted by atomic mass is 9.84. The largest absolute Gasteiger partial charge is 0.342 e. The van der Waals surface area contributed by atoms with E-state index in [1.165, 1.54) is 25.0 Å². The molecule has 3 aliphatic rings. The predicted molar refractivity (Wildman–Crippen MR) is 94.3 cm³/mol. The Kier molecular flexibility index (Phi) is 5.16. The van der Waals surface area contributed by atoms with Gasteiger partial charge in [0.15, 0.2) is 0 Å². The van der Waals surface area contributed by atoms with Crippen LogP contribution in [0.1, 0.15) is 31.2 Å². The third-order valence-corrected chi connectivity index (χ3v) is 6.30. The first-order chi connectivity index (χ1) is 11.1. The first-order valence-corrected chi connectivity index (χ1v) is 8.90. The van der Waals surface area contributed by atoms with E-state index < -0.39 is 0 Å². The standard InChI is InChI=1S/C19H25FN2O.ClH/c20-16-5-1-12(2-6-16)9-13-7-8-22(11-13)19(23)17-14-3-4-15(10-14)18(17)21;/h1-2,5-6,13-15,17-18H,3-4,7-11,21H2;1H. The van der Waals surface area contributed by atoms with Gasteiger partial charge in [-0.25, -0.2) is 4.39 Å². The molecule has 5 heteroatoms. The van der Waals surface area contributed by atoms with Crippen LogP contribution in [0.4, 0.5) is 4.39 Å². The van der Waals surface area contributed by atoms with Crippen LogP contribution in [0, 0.1) is 29.5 Å². The minimum absolute atomic E-state index is 0. The molecule has 3 nitrogen and oxygen atoms in total. The van der Waals surface area contributed by atoms with E-state index in [0.29, 0.717) is 23.7 Å². The summed E-state index contributed by atoms with van der Waals surface area (Å²) in [6.45, 7) is 1.68. The van der Waals surface area contributed by atoms with Gasteiger partial charge in [0, 0.05) is 19.1 Å². The van der Waals surface area contributed by atoms with Crippen molar-refractivity contribution >= 4 is 18.3 Å². The molecule has 2 aliphatic carbocycles. The van der Waals surface area contributed by atoms with Crippen molar-refractivity contribution in [1.82, 2.24) is 4.90 Å². The van der Waals surface area contributed by atoms with Gasteiger partial charge in [0.2, 0.25) is 5.91 Å². The van der Waals surface area contributed by atoms with Crippen molar-refractivity contribution in [3.63, 3.8) is 0 Å². The summed E-state index contributed by atoms with van der Waals surface area (Å²) in [6, 6.07) is 6.82. The van der Waals surface area contributed by atoms with Crippen LogP contribution in [0.5, 0.6) is 0 Å². The number of likely N-dealkylation sites (tertiary alicyclic amines) is 1. The smallest absolute Gasteiger partial charge is 0.227 e. The third kappa shape index (κ3) is 3.18. The molecule has 132 valence electrons. The van der Waals surface area contributed by atoms with E-state index in [4.69, 9.17) is 5.73 Å². The highest BCUT2D eigenvalue weighted by atomic mass is 35.5. The van der Waals surface area contributed by atoms with E-state index in [1.54, 1.807) is 0 Å². The average Bonchev–Trinajstić information content (AvgIpc) is 3.25. The fourth-order valence-electron chi connectivity index (χ4n) is 5.07. The van der Waals surface area contributed by atoms with Crippen molar-refractivity contribution in [3.8, 4) is 0 Å². The topological polar surface area (TPSA) is 46.3 Å². The molecule has 1 heterocycles. The van der Waals surface area contributed by atoms with Gasteiger partial charge in [-0.15, -0.1) is 12.4 Å². The number of benzene rings is 1. The molecule has 1 saturated heterocycles. The first-order valence-electron chi connectivity index (χ1n) is 8.90. The van der Waals surface area contributed by atoms with Crippen LogP contribution < -0.4 is 5.73 Å². The summed E-state index contributed by atoms with van der Waals surface area (Å²) in [5.74, 6) is 1.76. The number of nitrogens with two attached hydrogens (primary N) is 1. The van der Waals surface area contributed by atoms with E-state index in [1.807, 2.05) is 17.0 Å². The summed E-state index contributed by atoms with van der Waals surface area (Å²) in [4.78, 5) is 14.9. The molecule has 2 saturated carbocycles. The highest BCUT2D eigenvalue weighted by molar-refractivity contribution is 5.85. The predicted octanol–water partition coefficient (Wildman–Crippen LogP) is 3.01. The zero-order valence-corrected chi connectivity index (χ0v) is 14.7. The van der Waals surface area contributed by atoms with Crippen LogP contribution in [0.2, 0.25) is 0 Å². The van der Waals surface area contributed by atoms with Crippen molar-refractivity contribution in [1.29, 1.82) is 0 Å². The van der Waals surface area contributed by atoms with Crippen LogP contribution in [0.15, 0.2) is 24.3 Å². The minimum Gasteiger partial charge on any atom is -0.342 e. The number of hydrogen-bond acceptors (Lipinski definition) is 2. The van der Waals surface area contributed by atoms with Gasteiger partial charge in [0.1, 0.15) is 5.82 Å². The second-order valence-electron chi connectivity index (χ2n) is 7.71. The second-order valence-corrected chi connectivity index (χ2v) is 7.71. The molecule has 0 aromatic heterocycles. The van der Waals surface area contributed by atoms with Crippen LogP contribution in [0.25, 0.3) is 0 Å². The summed E-state index contributed by atoms with van der Waals surface area (Å²) >= 11 is 0. The van der Waals surface area contributed by atoms with Gasteiger partial charge in [-0.2, -0.15) is 0 Å². The van der Waals surface area contributed by atoms with Gasteiger partial charge < -0.3 is 10.6 Å². The SMILES string of the molecule is Cl.NC1C2CCC(C2)C1C(=O)N1CCC(Cc2ccc(F)cc2)C1. The zero-order chi connectivity index (χ0) is 16.0. The minimum atomic E-state index is -0.192. The molecule has 0 spiro atoms. The summed E-state index contributed by atoms with van der Waals surface area (Å²) in [6.07, 6.45) is 5.51. The number of halogens is 2. The molecule has 0 radical (unpaired) electrons. The molecule has 1 aromatic rings. The molecular formula is C19H26ClFN2O. The maximum absolute atomic E-state index is 13.0. The Morgan fingerprint density at radius 3 is 2.54 bits per heavy atom. The molecule has 2 N–H and O–H groups in total. The lowest BCUT2D eigenvalue weighted by Crippen LogP contribution is -2.46. The summed E-state index contributed by atoms with van der Waals surface area (Å²) in [5.41, 5.74) is 7.48. The van der Waals surface area contributed by atoms with Gasteiger partial charge in [-0.05, 0) is 67.6 Å². The van der Waals surface area contributed by atoms with Gasteiger partial charge in [0.05, 0.1) is 5.92 Å². The maximum atomic E-state index is 13.0. The van der Waals surface area contributed by atoms with E-state index in [2.05, 4.69) is 0 Å². The van der Waals surface area contributed by atoms with Gasteiger partial charge >= 0.3 is 0 Å². The first kappa shape index (κ1) is 17.7. The molecule has 3 fully saturated rings. The average molecular weight is 353 g/mol. The van der Waals surface area contributed by atoms with E-state index in [0.717, 1.165) is 37.9 Å². The maximum Gasteiger partial charge on any atom is 0.227 e. The molecule has 5 atom stereocenters. The van der Waals surface area contributed by atoms with Crippen LogP contribution in [-0.2, 0) is 11.2 Å². The van der Waals surface area contributed by atoms with Crippen molar-refractivity contribution in [2.75, 3.05) is 13.1 Å². The monoisotopic (exact) mass is 352 g/mol. The Balaban J connectivity index is 0.00000169. The lowest BCUT2D eigenvalue weighted by molar-refractivity contribution is -0.136. The van der Waals surface area contributed by atoms with E-state index in [-0.39, 0.29) is 30.2 Å². The van der Waals surface area contributed by atoms with Crippen molar-refractivity contribution in [2.24, 2.45) is 29.4 Å². The zero-order valence-electron chi connectivity index (χ0n) is 13.9.